The van der Waals surface area contributed by atoms with Crippen LogP contribution in [-0.4, -0.2) is 23.6 Å². The molecule has 4 heteroatoms. The van der Waals surface area contributed by atoms with Crippen molar-refractivity contribution in [2.45, 2.75) is 32.7 Å². The Hall–Kier alpha value is -1.58. The van der Waals surface area contributed by atoms with Gasteiger partial charge in [0.2, 0.25) is 0 Å². The minimum Gasteiger partial charge on any atom is -0.338 e. The van der Waals surface area contributed by atoms with Crippen molar-refractivity contribution in [1.82, 2.24) is 15.6 Å². The summed E-state index contributed by atoms with van der Waals surface area (Å²) in [5.41, 5.74) is 1.06. The van der Waals surface area contributed by atoms with Crippen LogP contribution in [0.25, 0.3) is 0 Å². The second kappa shape index (κ2) is 6.82. The van der Waals surface area contributed by atoms with E-state index >= 15 is 0 Å². The molecule has 1 rings (SSSR count). The predicted octanol–water partition coefficient (Wildman–Crippen LogP) is 1.72. The van der Waals surface area contributed by atoms with Crippen LogP contribution in [0.4, 0.5) is 4.79 Å². The second-order valence-electron chi connectivity index (χ2n) is 3.98. The third kappa shape index (κ3) is 5.34. The highest BCUT2D eigenvalue weighted by molar-refractivity contribution is 5.73. The molecule has 0 aliphatic carbocycles. The average Bonchev–Trinajstić information content (AvgIpc) is 2.25. The summed E-state index contributed by atoms with van der Waals surface area (Å²) in [6, 6.07) is 5.94. The summed E-state index contributed by atoms with van der Waals surface area (Å²) >= 11 is 0. The number of pyridine rings is 1. The van der Waals surface area contributed by atoms with E-state index in [1.807, 2.05) is 32.0 Å². The molecular weight excluding hydrogens is 202 g/mol. The number of rotatable bonds is 5. The molecule has 0 fully saturated rings. The molecule has 16 heavy (non-hydrogen) atoms. The molecule has 1 aromatic rings. The summed E-state index contributed by atoms with van der Waals surface area (Å²) in [4.78, 5) is 15.4. The lowest BCUT2D eigenvalue weighted by Gasteiger charge is -2.09. The van der Waals surface area contributed by atoms with Crippen molar-refractivity contribution in [1.29, 1.82) is 0 Å². The van der Waals surface area contributed by atoms with Gasteiger partial charge < -0.3 is 10.6 Å². The molecule has 0 bridgehead atoms. The number of aryl methyl sites for hydroxylation is 1. The number of hydrogen-bond donors (Lipinski definition) is 2. The fraction of sp³-hybridized carbons (Fsp3) is 0.500. The van der Waals surface area contributed by atoms with E-state index in [2.05, 4.69) is 15.6 Å². The van der Waals surface area contributed by atoms with Gasteiger partial charge in [-0.25, -0.2) is 4.79 Å². The fourth-order valence-electron chi connectivity index (χ4n) is 1.33. The van der Waals surface area contributed by atoms with Gasteiger partial charge in [0.05, 0.1) is 0 Å². The maximum atomic E-state index is 11.2. The molecule has 0 aliphatic rings. The zero-order valence-electron chi connectivity index (χ0n) is 9.86. The van der Waals surface area contributed by atoms with Gasteiger partial charge in [-0.05, 0) is 38.8 Å². The topological polar surface area (TPSA) is 54.0 Å². The Morgan fingerprint density at radius 2 is 2.25 bits per heavy atom. The predicted molar refractivity (Wildman–Crippen MR) is 64.2 cm³/mol. The Morgan fingerprint density at radius 1 is 1.44 bits per heavy atom. The van der Waals surface area contributed by atoms with Gasteiger partial charge in [-0.1, -0.05) is 6.07 Å². The van der Waals surface area contributed by atoms with E-state index in [4.69, 9.17) is 0 Å². The molecule has 0 unspecified atom stereocenters. The van der Waals surface area contributed by atoms with E-state index in [1.54, 1.807) is 6.20 Å². The van der Waals surface area contributed by atoms with E-state index in [0.29, 0.717) is 6.54 Å². The summed E-state index contributed by atoms with van der Waals surface area (Å²) in [5, 5.41) is 5.58. The van der Waals surface area contributed by atoms with Gasteiger partial charge in [0.25, 0.3) is 0 Å². The zero-order chi connectivity index (χ0) is 11.8. The van der Waals surface area contributed by atoms with Crippen LogP contribution < -0.4 is 10.6 Å². The number of hydrogen-bond acceptors (Lipinski definition) is 2. The molecule has 1 aromatic heterocycles. The van der Waals surface area contributed by atoms with Gasteiger partial charge in [0.15, 0.2) is 0 Å². The van der Waals surface area contributed by atoms with Gasteiger partial charge >= 0.3 is 6.03 Å². The second-order valence-corrected chi connectivity index (χ2v) is 3.98. The van der Waals surface area contributed by atoms with Crippen LogP contribution in [0, 0.1) is 0 Å². The van der Waals surface area contributed by atoms with Crippen molar-refractivity contribution in [2.24, 2.45) is 0 Å². The molecule has 2 amide bonds. The van der Waals surface area contributed by atoms with Gasteiger partial charge in [-0.15, -0.1) is 0 Å². The third-order valence-corrected chi connectivity index (χ3v) is 2.04. The lowest BCUT2D eigenvalue weighted by atomic mass is 10.2. The summed E-state index contributed by atoms with van der Waals surface area (Å²) in [7, 11) is 0. The third-order valence-electron chi connectivity index (χ3n) is 2.04. The number of nitrogens with zero attached hydrogens (tertiary/aromatic N) is 1. The number of carbonyl (C=O) groups is 1. The SMILES string of the molecule is CC(C)NC(=O)NCCCc1ccccn1. The van der Waals surface area contributed by atoms with Crippen molar-refractivity contribution < 1.29 is 4.79 Å². The van der Waals surface area contributed by atoms with Crippen LogP contribution in [0.3, 0.4) is 0 Å². The molecule has 0 saturated heterocycles. The van der Waals surface area contributed by atoms with Gasteiger partial charge in [-0.3, -0.25) is 4.98 Å². The molecule has 4 nitrogen and oxygen atoms in total. The van der Waals surface area contributed by atoms with Crippen molar-refractivity contribution >= 4 is 6.03 Å². The van der Waals surface area contributed by atoms with Gasteiger partial charge in [-0.2, -0.15) is 0 Å². The van der Waals surface area contributed by atoms with E-state index in [-0.39, 0.29) is 12.1 Å². The highest BCUT2D eigenvalue weighted by Gasteiger charge is 2.00. The Morgan fingerprint density at radius 3 is 2.88 bits per heavy atom. The van der Waals surface area contributed by atoms with Crippen molar-refractivity contribution in [3.63, 3.8) is 0 Å². The first-order valence-electron chi connectivity index (χ1n) is 5.63. The lowest BCUT2D eigenvalue weighted by molar-refractivity contribution is 0.238. The molecule has 0 aromatic carbocycles. The van der Waals surface area contributed by atoms with Gasteiger partial charge in [0.1, 0.15) is 0 Å². The molecule has 2 N–H and O–H groups in total. The number of nitrogens with one attached hydrogen (secondary N) is 2. The number of aromatic nitrogens is 1. The van der Waals surface area contributed by atoms with Crippen molar-refractivity contribution in [3.05, 3.63) is 30.1 Å². The smallest absolute Gasteiger partial charge is 0.314 e. The normalized spacial score (nSPS) is 10.2. The summed E-state index contributed by atoms with van der Waals surface area (Å²) in [5.74, 6) is 0. The van der Waals surface area contributed by atoms with Crippen LogP contribution in [0.2, 0.25) is 0 Å². The minimum atomic E-state index is -0.101. The number of urea groups is 1. The molecule has 0 atom stereocenters. The fourth-order valence-corrected chi connectivity index (χ4v) is 1.33. The highest BCUT2D eigenvalue weighted by atomic mass is 16.2. The van der Waals surface area contributed by atoms with Crippen LogP contribution >= 0.6 is 0 Å². The molecule has 0 radical (unpaired) electrons. The lowest BCUT2D eigenvalue weighted by Crippen LogP contribution is -2.39. The Labute approximate surface area is 96.5 Å². The largest absolute Gasteiger partial charge is 0.338 e. The van der Waals surface area contributed by atoms with E-state index < -0.39 is 0 Å². The van der Waals surface area contributed by atoms with Gasteiger partial charge in [0, 0.05) is 24.5 Å². The number of carbonyl (C=O) groups excluding carboxylic acids is 1. The first-order valence-corrected chi connectivity index (χ1v) is 5.63. The quantitative estimate of drug-likeness (QED) is 0.744. The molecular formula is C12H19N3O. The summed E-state index contributed by atoms with van der Waals surface area (Å²) < 4.78 is 0. The summed E-state index contributed by atoms with van der Waals surface area (Å²) in [6.07, 6.45) is 3.58. The molecule has 0 spiro atoms. The maximum absolute atomic E-state index is 11.2. The first kappa shape index (κ1) is 12.5. The zero-order valence-corrected chi connectivity index (χ0v) is 9.86. The minimum absolute atomic E-state index is 0.101. The Kier molecular flexibility index (Phi) is 5.32. The number of amides is 2. The van der Waals surface area contributed by atoms with Crippen LogP contribution in [0.5, 0.6) is 0 Å². The average molecular weight is 221 g/mol. The van der Waals surface area contributed by atoms with Crippen LogP contribution in [-0.2, 0) is 6.42 Å². The monoisotopic (exact) mass is 221 g/mol. The Bertz CT molecular complexity index is 311. The van der Waals surface area contributed by atoms with Crippen LogP contribution in [0.1, 0.15) is 26.0 Å². The molecule has 0 aliphatic heterocycles. The highest BCUT2D eigenvalue weighted by Crippen LogP contribution is 1.96. The van der Waals surface area contributed by atoms with E-state index in [0.717, 1.165) is 18.5 Å². The summed E-state index contributed by atoms with van der Waals surface area (Å²) in [6.45, 7) is 4.55. The van der Waals surface area contributed by atoms with Crippen LogP contribution in [0.15, 0.2) is 24.4 Å². The van der Waals surface area contributed by atoms with E-state index in [1.165, 1.54) is 0 Å². The molecule has 1 heterocycles. The molecule has 88 valence electrons. The Balaban J connectivity index is 2.10. The maximum Gasteiger partial charge on any atom is 0.314 e. The molecule has 0 saturated carbocycles. The van der Waals surface area contributed by atoms with E-state index in [9.17, 15) is 4.79 Å². The van der Waals surface area contributed by atoms with Crippen molar-refractivity contribution in [2.75, 3.05) is 6.54 Å². The standard InChI is InChI=1S/C12H19N3O/c1-10(2)15-12(16)14-9-5-7-11-6-3-4-8-13-11/h3-4,6,8,10H,5,7,9H2,1-2H3,(H2,14,15,16). The first-order chi connectivity index (χ1) is 7.68. The van der Waals surface area contributed by atoms with Crippen molar-refractivity contribution in [3.8, 4) is 0 Å².